The molecule has 1 aliphatic heterocycles. The maximum atomic E-state index is 12.7. The average Bonchev–Trinajstić information content (AvgIpc) is 3.12. The number of ether oxygens (including phenoxy) is 2. The first-order valence-electron chi connectivity index (χ1n) is 9.06. The van der Waals surface area contributed by atoms with Crippen molar-refractivity contribution in [2.24, 2.45) is 0 Å². The maximum Gasteiger partial charge on any atom is 0.411 e. The average molecular weight is 381 g/mol. The molecule has 0 saturated carbocycles. The van der Waals surface area contributed by atoms with Crippen LogP contribution in [0.15, 0.2) is 73.3 Å². The molecule has 28 heavy (non-hydrogen) atoms. The van der Waals surface area contributed by atoms with E-state index in [1.807, 2.05) is 60.7 Å². The number of carboxylic acids is 1. The molecule has 2 atom stereocenters. The van der Waals surface area contributed by atoms with Crippen molar-refractivity contribution < 1.29 is 24.2 Å². The van der Waals surface area contributed by atoms with Crippen LogP contribution in [0.2, 0.25) is 0 Å². The second-order valence-corrected chi connectivity index (χ2v) is 6.71. The summed E-state index contributed by atoms with van der Waals surface area (Å²) in [5.41, 5.74) is 0.258. The molecule has 1 fully saturated rings. The first-order chi connectivity index (χ1) is 13.5. The van der Waals surface area contributed by atoms with E-state index in [2.05, 4.69) is 6.58 Å². The van der Waals surface area contributed by atoms with Crippen LogP contribution in [0, 0.1) is 0 Å². The molecule has 0 spiro atoms. The molecule has 3 rings (SSSR count). The normalized spacial score (nSPS) is 21.3. The number of aliphatic carboxylic acids is 1. The van der Waals surface area contributed by atoms with Crippen LogP contribution in [-0.2, 0) is 27.5 Å². The van der Waals surface area contributed by atoms with Crippen molar-refractivity contribution in [3.63, 3.8) is 0 Å². The van der Waals surface area contributed by atoms with Crippen molar-refractivity contribution in [1.29, 1.82) is 0 Å². The predicted octanol–water partition coefficient (Wildman–Crippen LogP) is 3.62. The van der Waals surface area contributed by atoms with Crippen molar-refractivity contribution >= 4 is 12.1 Å². The lowest BCUT2D eigenvalue weighted by molar-refractivity contribution is -0.146. The van der Waals surface area contributed by atoms with E-state index in [1.54, 1.807) is 0 Å². The van der Waals surface area contributed by atoms with Crippen molar-refractivity contribution in [3.8, 4) is 0 Å². The summed E-state index contributed by atoms with van der Waals surface area (Å²) in [6, 6.07) is 18.8. The van der Waals surface area contributed by atoms with Crippen LogP contribution in [-0.4, -0.2) is 40.3 Å². The minimum Gasteiger partial charge on any atom is -0.479 e. The molecule has 1 aliphatic rings. The highest BCUT2D eigenvalue weighted by molar-refractivity contribution is 5.87. The molecule has 0 unspecified atom stereocenters. The third-order valence-corrected chi connectivity index (χ3v) is 4.87. The summed E-state index contributed by atoms with van der Waals surface area (Å²) in [5, 5.41) is 9.80. The number of rotatable bonds is 7. The molecule has 0 bridgehead atoms. The molecule has 6 heteroatoms. The van der Waals surface area contributed by atoms with Gasteiger partial charge in [-0.15, -0.1) is 6.58 Å². The smallest absolute Gasteiger partial charge is 0.411 e. The Hall–Kier alpha value is -3.12. The molecule has 0 radical (unpaired) electrons. The first kappa shape index (κ1) is 19.6. The monoisotopic (exact) mass is 381 g/mol. The molecular formula is C22H23NO5. The Kier molecular flexibility index (Phi) is 6.11. The van der Waals surface area contributed by atoms with Gasteiger partial charge >= 0.3 is 12.1 Å². The predicted molar refractivity (Wildman–Crippen MR) is 104 cm³/mol. The highest BCUT2D eigenvalue weighted by Crippen LogP contribution is 2.34. The summed E-state index contributed by atoms with van der Waals surface area (Å²) >= 11 is 0. The molecule has 1 saturated heterocycles. The molecule has 1 amide bonds. The van der Waals surface area contributed by atoms with E-state index < -0.39 is 23.7 Å². The van der Waals surface area contributed by atoms with Crippen LogP contribution >= 0.6 is 0 Å². The number of carbonyl (C=O) groups is 2. The molecule has 1 N–H and O–H groups in total. The fraction of sp³-hybridized carbons (Fsp3) is 0.273. The minimum absolute atomic E-state index is 0.0680. The van der Waals surface area contributed by atoms with Gasteiger partial charge < -0.3 is 14.6 Å². The number of hydrogen-bond acceptors (Lipinski definition) is 4. The lowest BCUT2D eigenvalue weighted by atomic mass is 9.96. The van der Waals surface area contributed by atoms with Crippen LogP contribution in [0.1, 0.15) is 17.5 Å². The van der Waals surface area contributed by atoms with Crippen LogP contribution in [0.5, 0.6) is 0 Å². The van der Waals surface area contributed by atoms with Crippen molar-refractivity contribution in [3.05, 3.63) is 84.4 Å². The standard InChI is InChI=1S/C22H23NO5/c1-2-22(20(24)25)13-19(27-15-17-9-5-3-6-10-17)14-23(22)21(26)28-16-18-11-7-4-8-12-18/h2-12,19H,1,13-16H2,(H,24,25)/t19-,22-/m1/s1. The Balaban J connectivity index is 1.68. The fourth-order valence-electron chi connectivity index (χ4n) is 3.31. The molecule has 2 aromatic carbocycles. The van der Waals surface area contributed by atoms with Gasteiger partial charge in [-0.05, 0) is 11.1 Å². The maximum absolute atomic E-state index is 12.7. The Morgan fingerprint density at radius 1 is 1.07 bits per heavy atom. The van der Waals surface area contributed by atoms with E-state index in [1.165, 1.54) is 11.0 Å². The summed E-state index contributed by atoms with van der Waals surface area (Å²) in [7, 11) is 0. The minimum atomic E-state index is -1.55. The van der Waals surface area contributed by atoms with Gasteiger partial charge in [0, 0.05) is 6.42 Å². The summed E-state index contributed by atoms with van der Waals surface area (Å²) < 4.78 is 11.2. The molecule has 1 heterocycles. The fourth-order valence-corrected chi connectivity index (χ4v) is 3.31. The second-order valence-electron chi connectivity index (χ2n) is 6.71. The van der Waals surface area contributed by atoms with E-state index >= 15 is 0 Å². The van der Waals surface area contributed by atoms with E-state index in [4.69, 9.17) is 9.47 Å². The Bertz CT molecular complexity index is 823. The summed E-state index contributed by atoms with van der Waals surface area (Å²) in [5.74, 6) is -1.15. The van der Waals surface area contributed by atoms with Gasteiger partial charge in [-0.3, -0.25) is 4.90 Å². The molecule has 0 aliphatic carbocycles. The number of carboxylic acid groups (broad SMARTS) is 1. The number of amides is 1. The molecule has 2 aromatic rings. The van der Waals surface area contributed by atoms with Crippen molar-refractivity contribution in [1.82, 2.24) is 4.90 Å². The Labute approximate surface area is 164 Å². The van der Waals surface area contributed by atoms with Gasteiger partial charge in [0.25, 0.3) is 0 Å². The molecule has 0 aromatic heterocycles. The van der Waals surface area contributed by atoms with Gasteiger partial charge in [0.2, 0.25) is 0 Å². The summed E-state index contributed by atoms with van der Waals surface area (Å²) in [4.78, 5) is 25.8. The van der Waals surface area contributed by atoms with Crippen LogP contribution in [0.3, 0.4) is 0 Å². The van der Waals surface area contributed by atoms with Crippen LogP contribution < -0.4 is 0 Å². The quantitative estimate of drug-likeness (QED) is 0.742. The molecule has 146 valence electrons. The molecule has 6 nitrogen and oxygen atoms in total. The number of benzene rings is 2. The van der Waals surface area contributed by atoms with Gasteiger partial charge in [-0.2, -0.15) is 0 Å². The number of nitrogens with zero attached hydrogens (tertiary/aromatic N) is 1. The highest BCUT2D eigenvalue weighted by atomic mass is 16.6. The molecular weight excluding hydrogens is 358 g/mol. The number of likely N-dealkylation sites (tertiary alicyclic amines) is 1. The SMILES string of the molecule is C=C[C@]1(C(=O)O)C[C@@H](OCc2ccccc2)CN1C(=O)OCc1ccccc1. The third-order valence-electron chi connectivity index (χ3n) is 4.87. The van der Waals surface area contributed by atoms with Gasteiger partial charge in [0.1, 0.15) is 6.61 Å². The van der Waals surface area contributed by atoms with Gasteiger partial charge in [0.15, 0.2) is 5.54 Å². The number of carbonyl (C=O) groups excluding carboxylic acids is 1. The van der Waals surface area contributed by atoms with Gasteiger partial charge in [-0.1, -0.05) is 66.7 Å². The van der Waals surface area contributed by atoms with E-state index in [0.29, 0.717) is 6.61 Å². The van der Waals surface area contributed by atoms with E-state index in [-0.39, 0.29) is 19.6 Å². The van der Waals surface area contributed by atoms with E-state index in [9.17, 15) is 14.7 Å². The third kappa shape index (κ3) is 4.23. The zero-order chi connectivity index (χ0) is 20.0. The lowest BCUT2D eigenvalue weighted by Gasteiger charge is -2.30. The zero-order valence-electron chi connectivity index (χ0n) is 15.5. The first-order valence-corrected chi connectivity index (χ1v) is 9.06. The Morgan fingerprint density at radius 2 is 1.64 bits per heavy atom. The second kappa shape index (κ2) is 8.71. The Morgan fingerprint density at radius 3 is 2.18 bits per heavy atom. The van der Waals surface area contributed by atoms with Crippen molar-refractivity contribution in [2.45, 2.75) is 31.3 Å². The largest absolute Gasteiger partial charge is 0.479 e. The zero-order valence-corrected chi connectivity index (χ0v) is 15.5. The highest BCUT2D eigenvalue weighted by Gasteiger charge is 2.53. The summed E-state index contributed by atoms with van der Waals surface area (Å²) in [6.45, 7) is 4.18. The lowest BCUT2D eigenvalue weighted by Crippen LogP contribution is -2.51. The van der Waals surface area contributed by atoms with Crippen LogP contribution in [0.25, 0.3) is 0 Å². The van der Waals surface area contributed by atoms with Gasteiger partial charge in [0.05, 0.1) is 19.3 Å². The van der Waals surface area contributed by atoms with Gasteiger partial charge in [-0.25, -0.2) is 9.59 Å². The van der Waals surface area contributed by atoms with Crippen molar-refractivity contribution in [2.75, 3.05) is 6.54 Å². The van der Waals surface area contributed by atoms with Crippen LogP contribution in [0.4, 0.5) is 4.79 Å². The topological polar surface area (TPSA) is 76.1 Å². The van der Waals surface area contributed by atoms with E-state index in [0.717, 1.165) is 11.1 Å². The summed E-state index contributed by atoms with van der Waals surface area (Å²) in [6.07, 6.45) is 0.278. The number of hydrogen-bond donors (Lipinski definition) is 1.